The van der Waals surface area contributed by atoms with E-state index in [1.54, 1.807) is 0 Å². The largest absolute Gasteiger partial charge is 0.481 e. The highest BCUT2D eigenvalue weighted by molar-refractivity contribution is 5.87. The van der Waals surface area contributed by atoms with Crippen molar-refractivity contribution in [3.8, 4) is 0 Å². The first-order valence-electron chi connectivity index (χ1n) is 5.94. The Balaban J connectivity index is 4.59. The van der Waals surface area contributed by atoms with Gasteiger partial charge < -0.3 is 15.2 Å². The number of esters is 1. The van der Waals surface area contributed by atoms with Gasteiger partial charge in [0.1, 0.15) is 6.04 Å². The molecule has 1 unspecified atom stereocenters. The van der Waals surface area contributed by atoms with Crippen LogP contribution in [0.5, 0.6) is 0 Å². The van der Waals surface area contributed by atoms with Crippen molar-refractivity contribution < 1.29 is 37.4 Å². The van der Waals surface area contributed by atoms with Crippen LogP contribution in [0, 0.1) is 0 Å². The topological polar surface area (TPSA) is 92.7 Å². The Kier molecular flexibility index (Phi) is 7.63. The second-order valence-electron chi connectivity index (χ2n) is 3.98. The van der Waals surface area contributed by atoms with Crippen LogP contribution in [0.25, 0.3) is 0 Å². The number of carbonyl (C=O) groups is 3. The number of aliphatic carboxylic acids is 1. The van der Waals surface area contributed by atoms with E-state index < -0.39 is 42.9 Å². The maximum absolute atomic E-state index is 12.1. The third-order valence-corrected chi connectivity index (χ3v) is 2.24. The first-order valence-corrected chi connectivity index (χ1v) is 5.94. The van der Waals surface area contributed by atoms with Crippen molar-refractivity contribution in [2.75, 3.05) is 6.61 Å². The molecule has 0 aromatic rings. The van der Waals surface area contributed by atoms with Gasteiger partial charge in [0.25, 0.3) is 0 Å². The van der Waals surface area contributed by atoms with E-state index in [2.05, 4.69) is 4.74 Å². The zero-order valence-electron chi connectivity index (χ0n) is 10.8. The fourth-order valence-electron chi connectivity index (χ4n) is 1.17. The summed E-state index contributed by atoms with van der Waals surface area (Å²) >= 11 is 0. The number of halogens is 3. The van der Waals surface area contributed by atoms with E-state index in [-0.39, 0.29) is 6.61 Å². The van der Waals surface area contributed by atoms with E-state index >= 15 is 0 Å². The van der Waals surface area contributed by atoms with E-state index in [1.807, 2.05) is 6.92 Å². The molecule has 2 N–H and O–H groups in total. The van der Waals surface area contributed by atoms with Gasteiger partial charge in [0, 0.05) is 6.42 Å². The van der Waals surface area contributed by atoms with Gasteiger partial charge in [-0.05, 0) is 12.8 Å². The van der Waals surface area contributed by atoms with Gasteiger partial charge in [-0.3, -0.25) is 9.59 Å². The molecule has 0 rings (SSSR count). The fraction of sp³-hybridized carbons (Fsp3) is 0.727. The summed E-state index contributed by atoms with van der Waals surface area (Å²) in [4.78, 5) is 32.6. The van der Waals surface area contributed by atoms with Crippen molar-refractivity contribution in [1.29, 1.82) is 0 Å². The fourth-order valence-corrected chi connectivity index (χ4v) is 1.17. The van der Waals surface area contributed by atoms with Gasteiger partial charge in [-0.25, -0.2) is 4.79 Å². The van der Waals surface area contributed by atoms with Crippen LogP contribution >= 0.6 is 0 Å². The summed E-state index contributed by atoms with van der Waals surface area (Å²) in [5, 5.41) is 9.90. The number of alkyl halides is 3. The maximum atomic E-state index is 12.1. The van der Waals surface area contributed by atoms with Crippen LogP contribution in [0.15, 0.2) is 0 Å². The number of ether oxygens (including phenoxy) is 1. The molecule has 0 aliphatic heterocycles. The summed E-state index contributed by atoms with van der Waals surface area (Å²) in [6.07, 6.45) is -4.95. The van der Waals surface area contributed by atoms with Gasteiger partial charge >= 0.3 is 24.0 Å². The number of carboxylic acids is 1. The lowest BCUT2D eigenvalue weighted by Crippen LogP contribution is -2.47. The smallest absolute Gasteiger partial charge is 0.471 e. The van der Waals surface area contributed by atoms with Gasteiger partial charge in [-0.2, -0.15) is 13.2 Å². The predicted octanol–water partition coefficient (Wildman–Crippen LogP) is 1.24. The Morgan fingerprint density at radius 3 is 2.35 bits per heavy atom. The summed E-state index contributed by atoms with van der Waals surface area (Å²) in [6.45, 7) is 1.82. The van der Waals surface area contributed by atoms with Crippen molar-refractivity contribution >= 4 is 17.8 Å². The maximum Gasteiger partial charge on any atom is 0.471 e. The number of carbonyl (C=O) groups excluding carboxylic acids is 2. The second kappa shape index (κ2) is 8.39. The van der Waals surface area contributed by atoms with Crippen LogP contribution in [-0.4, -0.2) is 41.8 Å². The molecule has 1 atom stereocenters. The highest BCUT2D eigenvalue weighted by atomic mass is 19.4. The molecule has 1 amide bonds. The third kappa shape index (κ3) is 7.59. The SMILES string of the molecule is CCCCOC(=O)C(CCC(=O)O)NC(=O)C(F)(F)F. The second-order valence-corrected chi connectivity index (χ2v) is 3.98. The van der Waals surface area contributed by atoms with Gasteiger partial charge in [-0.15, -0.1) is 0 Å². The molecule has 0 fully saturated rings. The van der Waals surface area contributed by atoms with Crippen molar-refractivity contribution in [3.05, 3.63) is 0 Å². The predicted molar refractivity (Wildman–Crippen MR) is 60.7 cm³/mol. The highest BCUT2D eigenvalue weighted by Crippen LogP contribution is 2.15. The Bertz CT molecular complexity index is 356. The average Bonchev–Trinajstić information content (AvgIpc) is 2.32. The van der Waals surface area contributed by atoms with Gasteiger partial charge in [0.05, 0.1) is 6.61 Å². The molecule has 0 aromatic heterocycles. The monoisotopic (exact) mass is 299 g/mol. The number of hydrogen-bond acceptors (Lipinski definition) is 4. The third-order valence-electron chi connectivity index (χ3n) is 2.24. The zero-order valence-corrected chi connectivity index (χ0v) is 10.8. The van der Waals surface area contributed by atoms with Crippen molar-refractivity contribution in [1.82, 2.24) is 5.32 Å². The van der Waals surface area contributed by atoms with Crippen LogP contribution in [0.4, 0.5) is 13.2 Å². The van der Waals surface area contributed by atoms with E-state index in [4.69, 9.17) is 5.11 Å². The van der Waals surface area contributed by atoms with Gasteiger partial charge in [-0.1, -0.05) is 13.3 Å². The molecule has 6 nitrogen and oxygen atoms in total. The normalized spacial score (nSPS) is 12.6. The lowest BCUT2D eigenvalue weighted by Gasteiger charge is -2.17. The molecule has 0 radical (unpaired) electrons. The molecule has 0 spiro atoms. The Hall–Kier alpha value is -1.80. The molecule has 0 aliphatic carbocycles. The Morgan fingerprint density at radius 2 is 1.90 bits per heavy atom. The molecule has 20 heavy (non-hydrogen) atoms. The molecule has 0 saturated heterocycles. The lowest BCUT2D eigenvalue weighted by atomic mass is 10.1. The van der Waals surface area contributed by atoms with Crippen LogP contribution in [0.2, 0.25) is 0 Å². The lowest BCUT2D eigenvalue weighted by molar-refractivity contribution is -0.176. The van der Waals surface area contributed by atoms with E-state index in [9.17, 15) is 27.6 Å². The van der Waals surface area contributed by atoms with E-state index in [0.717, 1.165) is 0 Å². The zero-order chi connectivity index (χ0) is 15.8. The summed E-state index contributed by atoms with van der Waals surface area (Å²) in [7, 11) is 0. The standard InChI is InChI=1S/C11H16F3NO5/c1-2-3-6-20-9(18)7(4-5-8(16)17)15-10(19)11(12,13)14/h7H,2-6H2,1H3,(H,15,19)(H,16,17). The molecule has 0 bridgehead atoms. The van der Waals surface area contributed by atoms with Crippen LogP contribution in [-0.2, 0) is 19.1 Å². The number of rotatable bonds is 8. The van der Waals surface area contributed by atoms with Crippen LogP contribution in [0.3, 0.4) is 0 Å². The molecule has 116 valence electrons. The summed E-state index contributed by atoms with van der Waals surface area (Å²) in [5.41, 5.74) is 0. The first kappa shape index (κ1) is 18.2. The number of nitrogens with one attached hydrogen (secondary N) is 1. The molecular formula is C11H16F3NO5. The number of amides is 1. The summed E-state index contributed by atoms with van der Waals surface area (Å²) in [5.74, 6) is -4.67. The van der Waals surface area contributed by atoms with Crippen molar-refractivity contribution in [3.63, 3.8) is 0 Å². The Morgan fingerprint density at radius 1 is 1.30 bits per heavy atom. The molecular weight excluding hydrogens is 283 g/mol. The quantitative estimate of drug-likeness (QED) is 0.519. The first-order chi connectivity index (χ1) is 9.18. The average molecular weight is 299 g/mol. The summed E-state index contributed by atoms with van der Waals surface area (Å²) < 4.78 is 41.0. The number of hydrogen-bond donors (Lipinski definition) is 2. The van der Waals surface area contributed by atoms with E-state index in [0.29, 0.717) is 12.8 Å². The minimum atomic E-state index is -5.15. The Labute approximate surface area is 113 Å². The van der Waals surface area contributed by atoms with Crippen molar-refractivity contribution in [2.24, 2.45) is 0 Å². The minimum Gasteiger partial charge on any atom is -0.481 e. The van der Waals surface area contributed by atoms with Gasteiger partial charge in [0.2, 0.25) is 0 Å². The molecule has 0 saturated carbocycles. The number of unbranched alkanes of at least 4 members (excludes halogenated alkanes) is 1. The molecule has 9 heteroatoms. The molecule has 0 aliphatic rings. The number of carboxylic acid groups (broad SMARTS) is 1. The summed E-state index contributed by atoms with van der Waals surface area (Å²) in [6, 6.07) is -1.63. The molecule has 0 aromatic carbocycles. The van der Waals surface area contributed by atoms with Crippen LogP contribution in [0.1, 0.15) is 32.6 Å². The highest BCUT2D eigenvalue weighted by Gasteiger charge is 2.41. The van der Waals surface area contributed by atoms with E-state index in [1.165, 1.54) is 5.32 Å². The minimum absolute atomic E-state index is 0.000787. The van der Waals surface area contributed by atoms with Crippen molar-refractivity contribution in [2.45, 2.75) is 44.8 Å². The van der Waals surface area contributed by atoms with Gasteiger partial charge in [0.15, 0.2) is 0 Å². The van der Waals surface area contributed by atoms with Crippen LogP contribution < -0.4 is 5.32 Å². The molecule has 0 heterocycles.